The molecular weight excluding hydrogens is 294 g/mol. The van der Waals surface area contributed by atoms with Crippen molar-refractivity contribution in [3.63, 3.8) is 0 Å². The molecule has 1 aliphatic rings. The average Bonchev–Trinajstić information content (AvgIpc) is 2.87. The zero-order chi connectivity index (χ0) is 15.5. The Labute approximate surface area is 123 Å². The molecular formula is C13H17N3O4S. The third-order valence-corrected chi connectivity index (χ3v) is 4.46. The van der Waals surface area contributed by atoms with E-state index in [1.165, 1.54) is 0 Å². The number of rotatable bonds is 5. The van der Waals surface area contributed by atoms with E-state index in [4.69, 9.17) is 0 Å². The summed E-state index contributed by atoms with van der Waals surface area (Å²) in [4.78, 5) is 23.0. The number of amides is 2. The van der Waals surface area contributed by atoms with Crippen molar-refractivity contribution in [3.05, 3.63) is 24.3 Å². The standard InChI is InChI=1S/C13H17N3O4S/c1-2-21(19,20)16-11-5-3-10(4-6-11)15-13(18)9-7-12(17)14-8-9/h3-6,9,16H,2,7-8H2,1H3,(H,14,17)(H,15,18). The van der Waals surface area contributed by atoms with Gasteiger partial charge < -0.3 is 10.6 Å². The van der Waals surface area contributed by atoms with E-state index in [-0.39, 0.29) is 29.9 Å². The molecule has 8 heteroatoms. The van der Waals surface area contributed by atoms with Crippen LogP contribution in [-0.2, 0) is 19.6 Å². The minimum atomic E-state index is -3.31. The highest BCUT2D eigenvalue weighted by molar-refractivity contribution is 7.92. The van der Waals surface area contributed by atoms with Gasteiger partial charge in [-0.1, -0.05) is 0 Å². The van der Waals surface area contributed by atoms with Crippen molar-refractivity contribution in [1.82, 2.24) is 5.32 Å². The summed E-state index contributed by atoms with van der Waals surface area (Å²) in [6.07, 6.45) is 0.195. The van der Waals surface area contributed by atoms with Gasteiger partial charge in [0.25, 0.3) is 0 Å². The second-order valence-corrected chi connectivity index (χ2v) is 6.79. The lowest BCUT2D eigenvalue weighted by Crippen LogP contribution is -2.24. The van der Waals surface area contributed by atoms with Crippen molar-refractivity contribution in [1.29, 1.82) is 0 Å². The second kappa shape index (κ2) is 6.13. The van der Waals surface area contributed by atoms with Crippen molar-refractivity contribution < 1.29 is 18.0 Å². The highest BCUT2D eigenvalue weighted by atomic mass is 32.2. The molecule has 1 fully saturated rings. The van der Waals surface area contributed by atoms with E-state index >= 15 is 0 Å². The van der Waals surface area contributed by atoms with Gasteiger partial charge in [-0.15, -0.1) is 0 Å². The Balaban J connectivity index is 1.96. The number of benzene rings is 1. The van der Waals surface area contributed by atoms with E-state index < -0.39 is 10.0 Å². The van der Waals surface area contributed by atoms with Crippen LogP contribution < -0.4 is 15.4 Å². The topological polar surface area (TPSA) is 104 Å². The Morgan fingerprint density at radius 1 is 1.29 bits per heavy atom. The number of hydrogen-bond donors (Lipinski definition) is 3. The van der Waals surface area contributed by atoms with Crippen molar-refractivity contribution in [2.24, 2.45) is 5.92 Å². The zero-order valence-corrected chi connectivity index (χ0v) is 12.4. The zero-order valence-electron chi connectivity index (χ0n) is 11.5. The van der Waals surface area contributed by atoms with E-state index in [0.29, 0.717) is 17.9 Å². The molecule has 1 aromatic carbocycles. The summed E-state index contributed by atoms with van der Waals surface area (Å²) in [5, 5.41) is 5.30. The third-order valence-electron chi connectivity index (χ3n) is 3.15. The molecule has 1 aliphatic heterocycles. The van der Waals surface area contributed by atoms with Gasteiger partial charge >= 0.3 is 0 Å². The summed E-state index contributed by atoms with van der Waals surface area (Å²) in [7, 11) is -3.31. The van der Waals surface area contributed by atoms with Gasteiger partial charge in [-0.05, 0) is 31.2 Å². The largest absolute Gasteiger partial charge is 0.355 e. The molecule has 114 valence electrons. The number of carbonyl (C=O) groups excluding carboxylic acids is 2. The second-order valence-electron chi connectivity index (χ2n) is 4.78. The maximum Gasteiger partial charge on any atom is 0.232 e. The Bertz CT molecular complexity index is 640. The summed E-state index contributed by atoms with van der Waals surface area (Å²) < 4.78 is 25.2. The fraction of sp³-hybridized carbons (Fsp3) is 0.385. The minimum Gasteiger partial charge on any atom is -0.355 e. The first-order chi connectivity index (χ1) is 9.89. The number of carbonyl (C=O) groups is 2. The van der Waals surface area contributed by atoms with Crippen LogP contribution in [0.2, 0.25) is 0 Å². The van der Waals surface area contributed by atoms with Crippen LogP contribution in [0.15, 0.2) is 24.3 Å². The summed E-state index contributed by atoms with van der Waals surface area (Å²) in [5.74, 6) is -0.723. The molecule has 0 radical (unpaired) electrons. The molecule has 7 nitrogen and oxygen atoms in total. The molecule has 21 heavy (non-hydrogen) atoms. The van der Waals surface area contributed by atoms with Crippen molar-refractivity contribution >= 4 is 33.2 Å². The van der Waals surface area contributed by atoms with Gasteiger partial charge in [-0.3, -0.25) is 14.3 Å². The van der Waals surface area contributed by atoms with Crippen molar-refractivity contribution in [3.8, 4) is 0 Å². The van der Waals surface area contributed by atoms with Gasteiger partial charge in [0, 0.05) is 24.3 Å². The summed E-state index contributed by atoms with van der Waals surface area (Å²) in [6, 6.07) is 6.35. The van der Waals surface area contributed by atoms with Crippen LogP contribution in [0.3, 0.4) is 0 Å². The lowest BCUT2D eigenvalue weighted by atomic mass is 10.1. The van der Waals surface area contributed by atoms with Crippen molar-refractivity contribution in [2.45, 2.75) is 13.3 Å². The number of hydrogen-bond acceptors (Lipinski definition) is 4. The van der Waals surface area contributed by atoms with E-state index in [1.54, 1.807) is 31.2 Å². The molecule has 0 aromatic heterocycles. The molecule has 2 amide bonds. The maximum atomic E-state index is 11.9. The molecule has 1 atom stereocenters. The van der Waals surface area contributed by atoms with Crippen LogP contribution in [0.5, 0.6) is 0 Å². The molecule has 3 N–H and O–H groups in total. The Morgan fingerprint density at radius 2 is 1.90 bits per heavy atom. The number of nitrogens with one attached hydrogen (secondary N) is 3. The molecule has 1 heterocycles. The molecule has 0 bridgehead atoms. The van der Waals surface area contributed by atoms with Crippen LogP contribution in [0.1, 0.15) is 13.3 Å². The monoisotopic (exact) mass is 311 g/mol. The molecule has 1 unspecified atom stereocenters. The van der Waals surface area contributed by atoms with Crippen LogP contribution in [0.4, 0.5) is 11.4 Å². The highest BCUT2D eigenvalue weighted by Crippen LogP contribution is 2.17. The first-order valence-corrected chi connectivity index (χ1v) is 8.23. The number of anilines is 2. The predicted octanol–water partition coefficient (Wildman–Crippen LogP) is 0.523. The van der Waals surface area contributed by atoms with Gasteiger partial charge in [0.2, 0.25) is 21.8 Å². The van der Waals surface area contributed by atoms with E-state index in [2.05, 4.69) is 15.4 Å². The van der Waals surface area contributed by atoms with Crippen LogP contribution in [0.25, 0.3) is 0 Å². The lowest BCUT2D eigenvalue weighted by Gasteiger charge is -2.10. The van der Waals surface area contributed by atoms with Gasteiger partial charge in [0.1, 0.15) is 0 Å². The summed E-state index contributed by atoms with van der Waals surface area (Å²) in [6.45, 7) is 1.90. The molecule has 0 aliphatic carbocycles. The van der Waals surface area contributed by atoms with E-state index in [0.717, 1.165) is 0 Å². The van der Waals surface area contributed by atoms with Gasteiger partial charge in [-0.25, -0.2) is 8.42 Å². The molecule has 1 saturated heterocycles. The van der Waals surface area contributed by atoms with E-state index in [9.17, 15) is 18.0 Å². The molecule has 0 spiro atoms. The van der Waals surface area contributed by atoms with Crippen LogP contribution in [0, 0.1) is 5.92 Å². The first kappa shape index (κ1) is 15.3. The maximum absolute atomic E-state index is 11.9. The normalized spacial score (nSPS) is 18.1. The van der Waals surface area contributed by atoms with Crippen LogP contribution in [-0.4, -0.2) is 32.5 Å². The third kappa shape index (κ3) is 4.19. The quantitative estimate of drug-likeness (QED) is 0.737. The fourth-order valence-corrected chi connectivity index (χ4v) is 2.55. The smallest absolute Gasteiger partial charge is 0.232 e. The Morgan fingerprint density at radius 3 is 2.43 bits per heavy atom. The molecule has 0 saturated carbocycles. The fourth-order valence-electron chi connectivity index (χ4n) is 1.91. The minimum absolute atomic E-state index is 0.00576. The van der Waals surface area contributed by atoms with E-state index in [1.807, 2.05) is 0 Å². The van der Waals surface area contributed by atoms with Gasteiger partial charge in [-0.2, -0.15) is 0 Å². The van der Waals surface area contributed by atoms with Crippen LogP contribution >= 0.6 is 0 Å². The highest BCUT2D eigenvalue weighted by Gasteiger charge is 2.27. The summed E-state index contributed by atoms with van der Waals surface area (Å²) >= 11 is 0. The molecule has 2 rings (SSSR count). The average molecular weight is 311 g/mol. The van der Waals surface area contributed by atoms with Gasteiger partial charge in [0.05, 0.1) is 11.7 Å². The Hall–Kier alpha value is -2.09. The molecule has 1 aromatic rings. The van der Waals surface area contributed by atoms with Crippen molar-refractivity contribution in [2.75, 3.05) is 22.3 Å². The predicted molar refractivity (Wildman–Crippen MR) is 79.3 cm³/mol. The Kier molecular flexibility index (Phi) is 4.46. The SMILES string of the molecule is CCS(=O)(=O)Nc1ccc(NC(=O)C2CNC(=O)C2)cc1. The van der Waals surface area contributed by atoms with Gasteiger partial charge in [0.15, 0.2) is 0 Å². The number of sulfonamides is 1. The summed E-state index contributed by atoms with van der Waals surface area (Å²) in [5.41, 5.74) is 0.992. The lowest BCUT2D eigenvalue weighted by molar-refractivity contribution is -0.123. The first-order valence-electron chi connectivity index (χ1n) is 6.58.